The molecule has 0 spiro atoms. The number of hydrogen-bond acceptors (Lipinski definition) is 5. The number of aromatic carboxylic acids is 1. The Balaban J connectivity index is 1.35. The van der Waals surface area contributed by atoms with Gasteiger partial charge in [-0.05, 0) is 102 Å². The van der Waals surface area contributed by atoms with Gasteiger partial charge in [0, 0.05) is 10.0 Å². The van der Waals surface area contributed by atoms with Crippen LogP contribution in [0.4, 0.5) is 11.4 Å². The molecule has 39 heavy (non-hydrogen) atoms. The molecule has 0 aliphatic carbocycles. The molecule has 1 heterocycles. The van der Waals surface area contributed by atoms with E-state index >= 15 is 0 Å². The van der Waals surface area contributed by atoms with E-state index in [4.69, 9.17) is 38.0 Å². The number of carboxylic acids is 1. The van der Waals surface area contributed by atoms with E-state index in [1.54, 1.807) is 77.7 Å². The van der Waals surface area contributed by atoms with Gasteiger partial charge in [0.1, 0.15) is 12.4 Å². The number of halogens is 2. The highest BCUT2D eigenvalue weighted by Gasteiger charge is 2.34. The molecular weight excluding hydrogens is 555 g/mol. The predicted molar refractivity (Wildman–Crippen MR) is 157 cm³/mol. The lowest BCUT2D eigenvalue weighted by molar-refractivity contribution is -0.113. The minimum absolute atomic E-state index is 0.194. The van der Waals surface area contributed by atoms with Crippen LogP contribution in [0, 0.1) is 0 Å². The highest BCUT2D eigenvalue weighted by atomic mass is 35.5. The lowest BCUT2D eigenvalue weighted by Crippen LogP contribution is -2.28. The van der Waals surface area contributed by atoms with Crippen molar-refractivity contribution < 1.29 is 19.4 Å². The molecule has 0 radical (unpaired) electrons. The molecule has 0 bridgehead atoms. The molecule has 0 saturated carbocycles. The lowest BCUT2D eigenvalue weighted by Gasteiger charge is -2.15. The van der Waals surface area contributed by atoms with Crippen LogP contribution in [0.1, 0.15) is 21.5 Å². The van der Waals surface area contributed by atoms with Crippen molar-refractivity contribution in [2.24, 2.45) is 4.99 Å². The normalized spacial score (nSPS) is 15.2. The Morgan fingerprint density at radius 3 is 2.10 bits per heavy atom. The van der Waals surface area contributed by atoms with Gasteiger partial charge in [-0.2, -0.15) is 0 Å². The number of nitrogens with zero attached hydrogens (tertiary/aromatic N) is 2. The van der Waals surface area contributed by atoms with Crippen LogP contribution in [0.5, 0.6) is 5.75 Å². The van der Waals surface area contributed by atoms with Crippen molar-refractivity contribution in [2.75, 3.05) is 4.90 Å². The first kappa shape index (κ1) is 26.6. The van der Waals surface area contributed by atoms with Gasteiger partial charge in [0.05, 0.1) is 21.8 Å². The molecule has 1 saturated heterocycles. The van der Waals surface area contributed by atoms with Crippen LogP contribution >= 0.6 is 35.0 Å². The minimum Gasteiger partial charge on any atom is -0.489 e. The molecule has 9 heteroatoms. The highest BCUT2D eigenvalue weighted by molar-refractivity contribution is 8.19. The number of thioether (sulfide) groups is 1. The Kier molecular flexibility index (Phi) is 8.02. The van der Waals surface area contributed by atoms with E-state index in [-0.39, 0.29) is 11.5 Å². The van der Waals surface area contributed by atoms with Crippen LogP contribution < -0.4 is 9.64 Å². The maximum absolute atomic E-state index is 13.5. The van der Waals surface area contributed by atoms with Crippen LogP contribution in [0.25, 0.3) is 6.08 Å². The second-order valence-electron chi connectivity index (χ2n) is 8.46. The molecule has 5 rings (SSSR count). The third-order valence-electron chi connectivity index (χ3n) is 5.73. The second kappa shape index (κ2) is 11.8. The Morgan fingerprint density at radius 2 is 1.49 bits per heavy atom. The molecule has 6 nitrogen and oxygen atoms in total. The summed E-state index contributed by atoms with van der Waals surface area (Å²) < 4.78 is 5.83. The van der Waals surface area contributed by atoms with Crippen molar-refractivity contribution >= 4 is 69.5 Å². The second-order valence-corrected chi connectivity index (χ2v) is 10.3. The van der Waals surface area contributed by atoms with Gasteiger partial charge in [-0.1, -0.05) is 47.5 Å². The Bertz CT molecular complexity index is 1570. The summed E-state index contributed by atoms with van der Waals surface area (Å²) in [6, 6.07) is 28.0. The Hall–Kier alpha value is -4.04. The van der Waals surface area contributed by atoms with E-state index in [0.717, 1.165) is 11.1 Å². The fourth-order valence-corrected chi connectivity index (χ4v) is 4.97. The number of rotatable bonds is 7. The zero-order valence-corrected chi connectivity index (χ0v) is 22.6. The van der Waals surface area contributed by atoms with Crippen molar-refractivity contribution in [3.63, 3.8) is 0 Å². The van der Waals surface area contributed by atoms with E-state index in [1.165, 1.54) is 11.8 Å². The first-order chi connectivity index (χ1) is 18.9. The maximum atomic E-state index is 13.5. The summed E-state index contributed by atoms with van der Waals surface area (Å²) in [6.07, 6.45) is 1.81. The average Bonchev–Trinajstić information content (AvgIpc) is 3.24. The van der Waals surface area contributed by atoms with Gasteiger partial charge in [0.2, 0.25) is 0 Å². The smallest absolute Gasteiger partial charge is 0.335 e. The molecule has 1 aliphatic heterocycles. The third-order valence-corrected chi connectivity index (χ3v) is 7.20. The number of ether oxygens (including phenoxy) is 1. The number of hydrogen-bond donors (Lipinski definition) is 1. The van der Waals surface area contributed by atoms with Crippen molar-refractivity contribution in [1.29, 1.82) is 0 Å². The molecule has 0 aromatic heterocycles. The summed E-state index contributed by atoms with van der Waals surface area (Å²) in [5.74, 6) is -0.511. The number of amidine groups is 1. The standard InChI is InChI=1S/C30H20Cl2N2O4S/c31-22-7-11-24(12-8-22)33-30-34(25-13-9-23(32)10-14-25)28(35)27(39-30)17-19-3-15-26(16-4-19)38-18-20-1-5-21(6-2-20)29(36)37/h1-17H,18H2,(H,36,37)/b27-17+,33-30?. The topological polar surface area (TPSA) is 79.2 Å². The molecular formula is C30H20Cl2N2O4S. The van der Waals surface area contributed by atoms with Gasteiger partial charge < -0.3 is 9.84 Å². The fraction of sp³-hybridized carbons (Fsp3) is 0.0333. The van der Waals surface area contributed by atoms with E-state index in [1.807, 2.05) is 30.3 Å². The van der Waals surface area contributed by atoms with Crippen LogP contribution in [0.15, 0.2) is 107 Å². The summed E-state index contributed by atoms with van der Waals surface area (Å²) in [4.78, 5) is 31.3. The number of anilines is 1. The van der Waals surface area contributed by atoms with Crippen LogP contribution in [-0.4, -0.2) is 22.2 Å². The van der Waals surface area contributed by atoms with Crippen LogP contribution in [0.3, 0.4) is 0 Å². The zero-order chi connectivity index (χ0) is 27.4. The maximum Gasteiger partial charge on any atom is 0.335 e. The molecule has 4 aromatic carbocycles. The van der Waals surface area contributed by atoms with Gasteiger partial charge in [0.25, 0.3) is 5.91 Å². The summed E-state index contributed by atoms with van der Waals surface area (Å²) >= 11 is 13.4. The van der Waals surface area contributed by atoms with E-state index in [0.29, 0.717) is 43.8 Å². The number of carbonyl (C=O) groups is 2. The third kappa shape index (κ3) is 6.52. The van der Waals surface area contributed by atoms with Gasteiger partial charge in [-0.3, -0.25) is 9.69 Å². The summed E-state index contributed by atoms with van der Waals surface area (Å²) in [6.45, 7) is 0.301. The summed E-state index contributed by atoms with van der Waals surface area (Å²) in [5, 5.41) is 10.7. The number of carboxylic acid groups (broad SMARTS) is 1. The van der Waals surface area contributed by atoms with Crippen molar-refractivity contribution in [3.05, 3.63) is 129 Å². The van der Waals surface area contributed by atoms with Crippen LogP contribution in [0.2, 0.25) is 10.0 Å². The van der Waals surface area contributed by atoms with Gasteiger partial charge in [-0.25, -0.2) is 9.79 Å². The molecule has 0 atom stereocenters. The number of aliphatic imine (C=N–C) groups is 1. The van der Waals surface area contributed by atoms with Crippen molar-refractivity contribution in [1.82, 2.24) is 0 Å². The predicted octanol–water partition coefficient (Wildman–Crippen LogP) is 8.08. The Labute approximate surface area is 239 Å². The van der Waals surface area contributed by atoms with Gasteiger partial charge in [0.15, 0.2) is 5.17 Å². The monoisotopic (exact) mass is 574 g/mol. The molecule has 0 unspecified atom stereocenters. The minimum atomic E-state index is -0.967. The van der Waals surface area contributed by atoms with E-state index in [2.05, 4.69) is 0 Å². The van der Waals surface area contributed by atoms with Gasteiger partial charge in [-0.15, -0.1) is 0 Å². The number of benzene rings is 4. The molecule has 4 aromatic rings. The number of amides is 1. The quantitative estimate of drug-likeness (QED) is 0.226. The fourth-order valence-electron chi connectivity index (χ4n) is 3.71. The molecule has 1 aliphatic rings. The summed E-state index contributed by atoms with van der Waals surface area (Å²) in [5.41, 5.74) is 3.25. The highest BCUT2D eigenvalue weighted by Crippen LogP contribution is 2.38. The average molecular weight is 575 g/mol. The zero-order valence-electron chi connectivity index (χ0n) is 20.3. The van der Waals surface area contributed by atoms with Gasteiger partial charge >= 0.3 is 5.97 Å². The van der Waals surface area contributed by atoms with Crippen LogP contribution in [-0.2, 0) is 11.4 Å². The van der Waals surface area contributed by atoms with Crippen molar-refractivity contribution in [3.8, 4) is 5.75 Å². The SMILES string of the molecule is O=C(O)c1ccc(COc2ccc(/C=C3/SC(=Nc4ccc(Cl)cc4)N(c4ccc(Cl)cc4)C3=O)cc2)cc1. The summed E-state index contributed by atoms with van der Waals surface area (Å²) in [7, 11) is 0. The molecule has 194 valence electrons. The molecule has 1 amide bonds. The van der Waals surface area contributed by atoms with E-state index < -0.39 is 5.97 Å². The molecule has 1 fully saturated rings. The first-order valence-corrected chi connectivity index (χ1v) is 13.3. The Morgan fingerprint density at radius 1 is 0.872 bits per heavy atom. The lowest BCUT2D eigenvalue weighted by atomic mass is 10.1. The largest absolute Gasteiger partial charge is 0.489 e. The van der Waals surface area contributed by atoms with Crippen molar-refractivity contribution in [2.45, 2.75) is 6.61 Å². The number of carbonyl (C=O) groups excluding carboxylic acids is 1. The first-order valence-electron chi connectivity index (χ1n) is 11.7. The van der Waals surface area contributed by atoms with E-state index in [9.17, 15) is 9.59 Å². The molecule has 1 N–H and O–H groups in total.